The third kappa shape index (κ3) is 3.16. The van der Waals surface area contributed by atoms with Crippen molar-refractivity contribution in [1.29, 1.82) is 0 Å². The van der Waals surface area contributed by atoms with Gasteiger partial charge in [-0.2, -0.15) is 4.31 Å². The van der Waals surface area contributed by atoms with Crippen molar-refractivity contribution in [3.8, 4) is 0 Å². The zero-order chi connectivity index (χ0) is 15.9. The van der Waals surface area contributed by atoms with Gasteiger partial charge in [0.25, 0.3) is 0 Å². The first kappa shape index (κ1) is 14.8. The molecule has 23 heavy (non-hydrogen) atoms. The van der Waals surface area contributed by atoms with E-state index >= 15 is 0 Å². The Morgan fingerprint density at radius 3 is 2.65 bits per heavy atom. The van der Waals surface area contributed by atoms with E-state index in [1.807, 2.05) is 41.2 Å². The molecule has 0 amide bonds. The second-order valence-corrected chi connectivity index (χ2v) is 8.41. The van der Waals surface area contributed by atoms with Gasteiger partial charge in [0.05, 0.1) is 17.5 Å². The summed E-state index contributed by atoms with van der Waals surface area (Å²) in [5.41, 5.74) is 1.88. The maximum Gasteiger partial charge on any atom is 0.218 e. The SMILES string of the molecule is O=S(=O)(Cc1ccccc1)N1CCC(n2cc(C3CC3)nn2)C1. The highest BCUT2D eigenvalue weighted by Gasteiger charge is 2.34. The third-order valence-electron chi connectivity index (χ3n) is 4.61. The molecule has 6 nitrogen and oxygen atoms in total. The number of sulfonamides is 1. The van der Waals surface area contributed by atoms with E-state index in [-0.39, 0.29) is 11.8 Å². The summed E-state index contributed by atoms with van der Waals surface area (Å²) in [5, 5.41) is 8.43. The monoisotopic (exact) mass is 332 g/mol. The van der Waals surface area contributed by atoms with Crippen LogP contribution >= 0.6 is 0 Å². The van der Waals surface area contributed by atoms with E-state index in [0.29, 0.717) is 19.0 Å². The summed E-state index contributed by atoms with van der Waals surface area (Å²) in [7, 11) is -3.28. The number of benzene rings is 1. The fourth-order valence-corrected chi connectivity index (χ4v) is 4.67. The molecule has 1 atom stereocenters. The molecule has 1 aliphatic heterocycles. The standard InChI is InChI=1S/C16H20N4O2S/c21-23(22,12-13-4-2-1-3-5-13)19-9-8-15(10-19)20-11-16(17-18-20)14-6-7-14/h1-5,11,14-15H,6-10,12H2. The zero-order valence-electron chi connectivity index (χ0n) is 12.9. The molecule has 0 spiro atoms. The van der Waals surface area contributed by atoms with Crippen molar-refractivity contribution in [3.05, 3.63) is 47.8 Å². The predicted octanol–water partition coefficient (Wildman–Crippen LogP) is 1.93. The van der Waals surface area contributed by atoms with Crippen molar-refractivity contribution in [2.24, 2.45) is 0 Å². The van der Waals surface area contributed by atoms with Crippen LogP contribution in [0.15, 0.2) is 36.5 Å². The fourth-order valence-electron chi connectivity index (χ4n) is 3.09. The molecule has 1 aromatic heterocycles. The van der Waals surface area contributed by atoms with Gasteiger partial charge in [-0.1, -0.05) is 35.5 Å². The van der Waals surface area contributed by atoms with Crippen LogP contribution in [0.4, 0.5) is 0 Å². The van der Waals surface area contributed by atoms with Gasteiger partial charge in [0, 0.05) is 25.2 Å². The van der Waals surface area contributed by atoms with Crippen LogP contribution in [0.5, 0.6) is 0 Å². The van der Waals surface area contributed by atoms with E-state index in [9.17, 15) is 8.42 Å². The Balaban J connectivity index is 1.44. The number of rotatable bonds is 5. The Hall–Kier alpha value is -1.73. The smallest absolute Gasteiger partial charge is 0.218 e. The minimum atomic E-state index is -3.28. The molecule has 0 bridgehead atoms. The summed E-state index contributed by atoms with van der Waals surface area (Å²) in [6, 6.07) is 9.43. The van der Waals surface area contributed by atoms with E-state index < -0.39 is 10.0 Å². The maximum atomic E-state index is 12.6. The van der Waals surface area contributed by atoms with Gasteiger partial charge in [-0.05, 0) is 24.8 Å². The van der Waals surface area contributed by atoms with Crippen LogP contribution in [0.25, 0.3) is 0 Å². The zero-order valence-corrected chi connectivity index (χ0v) is 13.7. The normalized spacial score (nSPS) is 22.5. The van der Waals surface area contributed by atoms with Crippen molar-refractivity contribution in [3.63, 3.8) is 0 Å². The van der Waals surface area contributed by atoms with Gasteiger partial charge < -0.3 is 0 Å². The maximum absolute atomic E-state index is 12.6. The topological polar surface area (TPSA) is 68.1 Å². The predicted molar refractivity (Wildman–Crippen MR) is 86.3 cm³/mol. The van der Waals surface area contributed by atoms with E-state index in [1.54, 1.807) is 4.31 Å². The molecule has 4 rings (SSSR count). The Labute approximate surface area is 136 Å². The Bertz CT molecular complexity index is 783. The lowest BCUT2D eigenvalue weighted by molar-refractivity contribution is 0.428. The van der Waals surface area contributed by atoms with Crippen molar-refractivity contribution in [2.75, 3.05) is 13.1 Å². The average Bonchev–Trinajstić information content (AvgIpc) is 3.07. The molecule has 1 saturated heterocycles. The molecule has 1 unspecified atom stereocenters. The Kier molecular flexibility index (Phi) is 3.69. The Morgan fingerprint density at radius 2 is 1.91 bits per heavy atom. The Morgan fingerprint density at radius 1 is 1.13 bits per heavy atom. The number of hydrogen-bond donors (Lipinski definition) is 0. The van der Waals surface area contributed by atoms with Crippen molar-refractivity contribution in [1.82, 2.24) is 19.3 Å². The summed E-state index contributed by atoms with van der Waals surface area (Å²) in [4.78, 5) is 0. The largest absolute Gasteiger partial charge is 0.248 e. The summed E-state index contributed by atoms with van der Waals surface area (Å²) in [6.45, 7) is 1.04. The highest BCUT2D eigenvalue weighted by molar-refractivity contribution is 7.88. The first-order valence-corrected chi connectivity index (χ1v) is 9.66. The van der Waals surface area contributed by atoms with Gasteiger partial charge in [-0.15, -0.1) is 5.10 Å². The summed E-state index contributed by atoms with van der Waals surface area (Å²) in [6.07, 6.45) is 5.18. The quantitative estimate of drug-likeness (QED) is 0.839. The van der Waals surface area contributed by atoms with Crippen molar-refractivity contribution < 1.29 is 8.42 Å². The highest BCUT2D eigenvalue weighted by Crippen LogP contribution is 2.39. The molecule has 2 aliphatic rings. The minimum absolute atomic E-state index is 0.0608. The van der Waals surface area contributed by atoms with Gasteiger partial charge in [-0.25, -0.2) is 13.1 Å². The molecular formula is C16H20N4O2S. The van der Waals surface area contributed by atoms with Crippen LogP contribution in [-0.2, 0) is 15.8 Å². The molecule has 1 aliphatic carbocycles. The molecule has 2 fully saturated rings. The van der Waals surface area contributed by atoms with Crippen LogP contribution < -0.4 is 0 Å². The summed E-state index contributed by atoms with van der Waals surface area (Å²) >= 11 is 0. The van der Waals surface area contributed by atoms with Crippen molar-refractivity contribution in [2.45, 2.75) is 37.0 Å². The van der Waals surface area contributed by atoms with Crippen LogP contribution in [0, 0.1) is 0 Å². The molecule has 7 heteroatoms. The first-order valence-electron chi connectivity index (χ1n) is 8.05. The molecule has 1 aromatic carbocycles. The summed E-state index contributed by atoms with van der Waals surface area (Å²) in [5.74, 6) is 0.633. The lowest BCUT2D eigenvalue weighted by Crippen LogP contribution is -2.30. The lowest BCUT2D eigenvalue weighted by atomic mass is 10.2. The molecule has 1 saturated carbocycles. The molecule has 0 N–H and O–H groups in total. The van der Waals surface area contributed by atoms with Crippen LogP contribution in [0.3, 0.4) is 0 Å². The van der Waals surface area contributed by atoms with Gasteiger partial charge in [-0.3, -0.25) is 0 Å². The van der Waals surface area contributed by atoms with Crippen LogP contribution in [0.2, 0.25) is 0 Å². The number of aromatic nitrogens is 3. The average molecular weight is 332 g/mol. The van der Waals surface area contributed by atoms with Crippen LogP contribution in [0.1, 0.15) is 42.5 Å². The second kappa shape index (κ2) is 5.72. The molecule has 2 heterocycles. The van der Waals surface area contributed by atoms with Gasteiger partial charge >= 0.3 is 0 Å². The lowest BCUT2D eigenvalue weighted by Gasteiger charge is -2.16. The fraction of sp³-hybridized carbons (Fsp3) is 0.500. The van der Waals surface area contributed by atoms with Gasteiger partial charge in [0.2, 0.25) is 10.0 Å². The van der Waals surface area contributed by atoms with Crippen molar-refractivity contribution >= 4 is 10.0 Å². The molecule has 0 radical (unpaired) electrons. The van der Waals surface area contributed by atoms with E-state index in [0.717, 1.165) is 17.7 Å². The second-order valence-electron chi connectivity index (χ2n) is 6.44. The first-order chi connectivity index (χ1) is 11.1. The molecular weight excluding hydrogens is 312 g/mol. The van der Waals surface area contributed by atoms with E-state index in [2.05, 4.69) is 10.3 Å². The molecule has 122 valence electrons. The minimum Gasteiger partial charge on any atom is -0.248 e. The van der Waals surface area contributed by atoms with E-state index in [4.69, 9.17) is 0 Å². The van der Waals surface area contributed by atoms with Crippen LogP contribution in [-0.4, -0.2) is 40.8 Å². The highest BCUT2D eigenvalue weighted by atomic mass is 32.2. The van der Waals surface area contributed by atoms with E-state index in [1.165, 1.54) is 12.8 Å². The third-order valence-corrected chi connectivity index (χ3v) is 6.43. The molecule has 2 aromatic rings. The number of nitrogens with zero attached hydrogens (tertiary/aromatic N) is 4. The van der Waals surface area contributed by atoms with Gasteiger partial charge in [0.15, 0.2) is 0 Å². The van der Waals surface area contributed by atoms with Gasteiger partial charge in [0.1, 0.15) is 0 Å². The summed E-state index contributed by atoms with van der Waals surface area (Å²) < 4.78 is 28.6. The number of hydrogen-bond acceptors (Lipinski definition) is 4.